The van der Waals surface area contributed by atoms with Gasteiger partial charge in [0.15, 0.2) is 0 Å². The number of thiophene rings is 1. The smallest absolute Gasteiger partial charge is 0.261 e. The van der Waals surface area contributed by atoms with Crippen LogP contribution in [0.1, 0.15) is 21.5 Å². The van der Waals surface area contributed by atoms with Crippen LogP contribution in [0.3, 0.4) is 0 Å². The molecule has 0 atom stereocenters. The summed E-state index contributed by atoms with van der Waals surface area (Å²) in [6.45, 7) is 2.11. The standard InChI is InChI=1S/C15H15NO3S/c1-11-8-20-9-14(11)15(18)16(10-17)7-12-3-5-13(19-2)6-4-12/h3-6,8-10H,7H2,1-2H3. The number of carbonyl (C=O) groups excluding carboxylic acids is 2. The minimum atomic E-state index is -0.269. The molecule has 2 rings (SSSR count). The first-order chi connectivity index (χ1) is 9.65. The van der Waals surface area contributed by atoms with Gasteiger partial charge in [0.05, 0.1) is 19.2 Å². The first kappa shape index (κ1) is 14.3. The molecule has 0 aliphatic heterocycles. The van der Waals surface area contributed by atoms with E-state index >= 15 is 0 Å². The zero-order valence-electron chi connectivity index (χ0n) is 11.3. The van der Waals surface area contributed by atoms with Gasteiger partial charge < -0.3 is 4.74 Å². The Hall–Kier alpha value is -2.14. The lowest BCUT2D eigenvalue weighted by Crippen LogP contribution is -2.29. The van der Waals surface area contributed by atoms with Crippen molar-refractivity contribution in [1.82, 2.24) is 4.90 Å². The molecule has 104 valence electrons. The number of aryl methyl sites for hydroxylation is 1. The van der Waals surface area contributed by atoms with E-state index in [-0.39, 0.29) is 12.5 Å². The predicted octanol–water partition coefficient (Wildman–Crippen LogP) is 2.86. The van der Waals surface area contributed by atoms with Gasteiger partial charge >= 0.3 is 0 Å². The van der Waals surface area contributed by atoms with Gasteiger partial charge in [-0.1, -0.05) is 12.1 Å². The summed E-state index contributed by atoms with van der Waals surface area (Å²) in [5, 5.41) is 3.66. The normalized spacial score (nSPS) is 10.1. The Morgan fingerprint density at radius 2 is 2.00 bits per heavy atom. The zero-order chi connectivity index (χ0) is 14.5. The highest BCUT2D eigenvalue weighted by molar-refractivity contribution is 7.08. The third kappa shape index (κ3) is 3.05. The average molecular weight is 289 g/mol. The van der Waals surface area contributed by atoms with Crippen LogP contribution in [0.25, 0.3) is 0 Å². The van der Waals surface area contributed by atoms with Gasteiger partial charge in [0.1, 0.15) is 5.75 Å². The molecule has 0 saturated carbocycles. The molecule has 0 N–H and O–H groups in total. The van der Waals surface area contributed by atoms with Crippen LogP contribution in [0, 0.1) is 6.92 Å². The van der Waals surface area contributed by atoms with Crippen LogP contribution in [0.4, 0.5) is 0 Å². The number of benzene rings is 1. The van der Waals surface area contributed by atoms with E-state index in [0.29, 0.717) is 12.0 Å². The van der Waals surface area contributed by atoms with E-state index in [1.807, 2.05) is 24.4 Å². The maximum Gasteiger partial charge on any atom is 0.261 e. The van der Waals surface area contributed by atoms with Crippen molar-refractivity contribution in [3.8, 4) is 5.75 Å². The van der Waals surface area contributed by atoms with E-state index in [0.717, 1.165) is 16.9 Å². The Morgan fingerprint density at radius 1 is 1.30 bits per heavy atom. The first-order valence-electron chi connectivity index (χ1n) is 6.07. The molecular weight excluding hydrogens is 274 g/mol. The van der Waals surface area contributed by atoms with Crippen molar-refractivity contribution in [3.05, 3.63) is 51.7 Å². The maximum absolute atomic E-state index is 12.3. The molecule has 1 aromatic carbocycles. The van der Waals surface area contributed by atoms with Crippen LogP contribution in [0.5, 0.6) is 5.75 Å². The average Bonchev–Trinajstić information content (AvgIpc) is 2.91. The van der Waals surface area contributed by atoms with Crippen LogP contribution < -0.4 is 4.74 Å². The number of methoxy groups -OCH3 is 1. The van der Waals surface area contributed by atoms with Crippen molar-refractivity contribution in [2.24, 2.45) is 0 Å². The molecule has 5 heteroatoms. The van der Waals surface area contributed by atoms with Crippen molar-refractivity contribution in [2.75, 3.05) is 7.11 Å². The van der Waals surface area contributed by atoms with Gasteiger partial charge in [-0.05, 0) is 35.6 Å². The molecule has 0 saturated heterocycles. The lowest BCUT2D eigenvalue weighted by Gasteiger charge is -2.15. The van der Waals surface area contributed by atoms with Crippen molar-refractivity contribution < 1.29 is 14.3 Å². The van der Waals surface area contributed by atoms with Crippen LogP contribution >= 0.6 is 11.3 Å². The third-order valence-electron chi connectivity index (χ3n) is 2.99. The lowest BCUT2D eigenvalue weighted by molar-refractivity contribution is -0.116. The van der Waals surface area contributed by atoms with Crippen LogP contribution in [0.15, 0.2) is 35.0 Å². The number of hydrogen-bond acceptors (Lipinski definition) is 4. The molecule has 2 amide bonds. The van der Waals surface area contributed by atoms with E-state index in [9.17, 15) is 9.59 Å². The highest BCUT2D eigenvalue weighted by Crippen LogP contribution is 2.18. The Morgan fingerprint density at radius 3 is 2.50 bits per heavy atom. The van der Waals surface area contributed by atoms with E-state index in [1.165, 1.54) is 16.2 Å². The molecule has 2 aromatic rings. The Kier molecular flexibility index (Phi) is 4.53. The number of nitrogens with zero attached hydrogens (tertiary/aromatic N) is 1. The largest absolute Gasteiger partial charge is 0.497 e. The number of ether oxygens (including phenoxy) is 1. The fraction of sp³-hybridized carbons (Fsp3) is 0.200. The summed E-state index contributed by atoms with van der Waals surface area (Å²) >= 11 is 1.45. The van der Waals surface area contributed by atoms with Gasteiger partial charge in [0.25, 0.3) is 5.91 Å². The second-order valence-electron chi connectivity index (χ2n) is 4.36. The molecule has 0 bridgehead atoms. The summed E-state index contributed by atoms with van der Waals surface area (Å²) in [5.74, 6) is 0.473. The minimum Gasteiger partial charge on any atom is -0.497 e. The summed E-state index contributed by atoms with van der Waals surface area (Å²) in [7, 11) is 1.59. The zero-order valence-corrected chi connectivity index (χ0v) is 12.1. The Balaban J connectivity index is 2.14. The van der Waals surface area contributed by atoms with Crippen LogP contribution in [-0.4, -0.2) is 24.3 Å². The van der Waals surface area contributed by atoms with Gasteiger partial charge in [-0.2, -0.15) is 11.3 Å². The van der Waals surface area contributed by atoms with Crippen molar-refractivity contribution in [2.45, 2.75) is 13.5 Å². The molecule has 0 aliphatic carbocycles. The topological polar surface area (TPSA) is 46.6 Å². The molecular formula is C15H15NO3S. The number of rotatable bonds is 5. The van der Waals surface area contributed by atoms with Gasteiger partial charge in [-0.25, -0.2) is 0 Å². The summed E-state index contributed by atoms with van der Waals surface area (Å²) in [5.41, 5.74) is 2.34. The molecule has 1 aromatic heterocycles. The number of hydrogen-bond donors (Lipinski definition) is 0. The van der Waals surface area contributed by atoms with Crippen molar-refractivity contribution in [1.29, 1.82) is 0 Å². The fourth-order valence-corrected chi connectivity index (χ4v) is 2.64. The summed E-state index contributed by atoms with van der Waals surface area (Å²) in [4.78, 5) is 24.6. The van der Waals surface area contributed by atoms with Crippen molar-refractivity contribution >= 4 is 23.7 Å². The molecule has 0 fully saturated rings. The molecule has 0 radical (unpaired) electrons. The highest BCUT2D eigenvalue weighted by Gasteiger charge is 2.18. The third-order valence-corrected chi connectivity index (χ3v) is 3.85. The van der Waals surface area contributed by atoms with E-state index in [2.05, 4.69) is 0 Å². The van der Waals surface area contributed by atoms with Gasteiger partial charge in [-0.15, -0.1) is 0 Å². The SMILES string of the molecule is COc1ccc(CN(C=O)C(=O)c2cscc2C)cc1. The predicted molar refractivity (Wildman–Crippen MR) is 78.0 cm³/mol. The van der Waals surface area contributed by atoms with E-state index < -0.39 is 0 Å². The summed E-state index contributed by atoms with van der Waals surface area (Å²) in [6, 6.07) is 7.28. The van der Waals surface area contributed by atoms with E-state index in [1.54, 1.807) is 24.6 Å². The second kappa shape index (κ2) is 6.34. The Labute approximate surface area is 121 Å². The highest BCUT2D eigenvalue weighted by atomic mass is 32.1. The van der Waals surface area contributed by atoms with Crippen LogP contribution in [0.2, 0.25) is 0 Å². The van der Waals surface area contributed by atoms with Crippen molar-refractivity contribution in [3.63, 3.8) is 0 Å². The summed E-state index contributed by atoms with van der Waals surface area (Å²) in [6.07, 6.45) is 0.573. The molecule has 20 heavy (non-hydrogen) atoms. The van der Waals surface area contributed by atoms with Crippen LogP contribution in [-0.2, 0) is 11.3 Å². The molecule has 0 spiro atoms. The Bertz CT molecular complexity index is 604. The molecule has 1 heterocycles. The number of imide groups is 1. The molecule has 4 nitrogen and oxygen atoms in total. The quantitative estimate of drug-likeness (QED) is 0.795. The summed E-state index contributed by atoms with van der Waals surface area (Å²) < 4.78 is 5.07. The monoisotopic (exact) mass is 289 g/mol. The number of carbonyl (C=O) groups is 2. The first-order valence-corrected chi connectivity index (χ1v) is 7.02. The second-order valence-corrected chi connectivity index (χ2v) is 5.10. The van der Waals surface area contributed by atoms with E-state index in [4.69, 9.17) is 4.74 Å². The number of amides is 2. The fourth-order valence-electron chi connectivity index (χ4n) is 1.82. The van der Waals surface area contributed by atoms with Gasteiger partial charge in [0.2, 0.25) is 6.41 Å². The maximum atomic E-state index is 12.3. The van der Waals surface area contributed by atoms with Gasteiger partial charge in [-0.3, -0.25) is 14.5 Å². The molecule has 0 aliphatic rings. The lowest BCUT2D eigenvalue weighted by atomic mass is 10.1. The molecule has 0 unspecified atom stereocenters. The van der Waals surface area contributed by atoms with Gasteiger partial charge in [0, 0.05) is 5.38 Å². The minimum absolute atomic E-state index is 0.252.